The first-order valence-electron chi connectivity index (χ1n) is 5.80. The van der Waals surface area contributed by atoms with Crippen molar-refractivity contribution >= 4 is 5.97 Å². The molecule has 1 N–H and O–H groups in total. The van der Waals surface area contributed by atoms with Crippen molar-refractivity contribution in [3.63, 3.8) is 0 Å². The van der Waals surface area contributed by atoms with Crippen molar-refractivity contribution in [2.45, 2.75) is 32.8 Å². The molecule has 0 heterocycles. The van der Waals surface area contributed by atoms with Crippen LogP contribution in [0.3, 0.4) is 0 Å². The topological polar surface area (TPSA) is 46.5 Å². The lowest BCUT2D eigenvalue weighted by molar-refractivity contribution is -0.155. The van der Waals surface area contributed by atoms with E-state index in [1.165, 1.54) is 7.11 Å². The Bertz CT molecular complexity index is 379. The van der Waals surface area contributed by atoms with Gasteiger partial charge in [-0.05, 0) is 25.8 Å². The minimum atomic E-state index is -1.20. The van der Waals surface area contributed by atoms with Crippen molar-refractivity contribution in [1.82, 2.24) is 0 Å². The number of methoxy groups -OCH3 is 1. The molecule has 0 saturated heterocycles. The van der Waals surface area contributed by atoms with Crippen LogP contribution in [-0.4, -0.2) is 18.2 Å². The summed E-state index contributed by atoms with van der Waals surface area (Å²) in [5, 5.41) is 10.5. The van der Waals surface area contributed by atoms with Gasteiger partial charge < -0.3 is 9.84 Å². The number of ether oxygens (including phenoxy) is 1. The SMILES string of the molecule is CCC(C(=O)OC)C(C)(O)c1ccc(C)cc1. The van der Waals surface area contributed by atoms with Gasteiger partial charge >= 0.3 is 5.97 Å². The fourth-order valence-corrected chi connectivity index (χ4v) is 2.03. The molecule has 17 heavy (non-hydrogen) atoms. The van der Waals surface area contributed by atoms with Crippen molar-refractivity contribution in [2.75, 3.05) is 7.11 Å². The Morgan fingerprint density at radius 2 is 1.94 bits per heavy atom. The molecule has 0 aromatic heterocycles. The second kappa shape index (κ2) is 5.32. The molecule has 0 bridgehead atoms. The van der Waals surface area contributed by atoms with Crippen LogP contribution in [0.5, 0.6) is 0 Å². The Morgan fingerprint density at radius 1 is 1.41 bits per heavy atom. The van der Waals surface area contributed by atoms with Crippen molar-refractivity contribution in [3.8, 4) is 0 Å². The second-order valence-corrected chi connectivity index (χ2v) is 4.50. The number of esters is 1. The number of rotatable bonds is 4. The molecule has 0 aliphatic rings. The van der Waals surface area contributed by atoms with E-state index in [-0.39, 0.29) is 5.97 Å². The summed E-state index contributed by atoms with van der Waals surface area (Å²) >= 11 is 0. The first kappa shape index (κ1) is 13.7. The predicted octanol–water partition coefficient (Wildman–Crippen LogP) is 2.40. The minimum absolute atomic E-state index is 0.377. The van der Waals surface area contributed by atoms with Gasteiger partial charge in [0, 0.05) is 0 Å². The summed E-state index contributed by atoms with van der Waals surface area (Å²) in [6, 6.07) is 7.55. The number of carbonyl (C=O) groups is 1. The molecule has 0 saturated carbocycles. The maximum atomic E-state index is 11.6. The molecule has 0 fully saturated rings. The summed E-state index contributed by atoms with van der Waals surface area (Å²) in [6.45, 7) is 5.50. The number of aliphatic hydroxyl groups is 1. The van der Waals surface area contributed by atoms with E-state index in [1.807, 2.05) is 38.1 Å². The number of hydrogen-bond acceptors (Lipinski definition) is 3. The fourth-order valence-electron chi connectivity index (χ4n) is 2.03. The quantitative estimate of drug-likeness (QED) is 0.816. The van der Waals surface area contributed by atoms with Gasteiger partial charge in [-0.3, -0.25) is 4.79 Å². The van der Waals surface area contributed by atoms with E-state index in [9.17, 15) is 9.90 Å². The summed E-state index contributed by atoms with van der Waals surface area (Å²) in [6.07, 6.45) is 0.535. The minimum Gasteiger partial charge on any atom is -0.469 e. The molecule has 0 aliphatic heterocycles. The molecule has 2 unspecified atom stereocenters. The second-order valence-electron chi connectivity index (χ2n) is 4.50. The standard InChI is InChI=1S/C14H20O3/c1-5-12(13(15)17-4)14(3,16)11-8-6-10(2)7-9-11/h6-9,12,16H,5H2,1-4H3. The first-order chi connectivity index (χ1) is 7.93. The molecule has 0 radical (unpaired) electrons. The van der Waals surface area contributed by atoms with Crippen LogP contribution in [0.4, 0.5) is 0 Å². The van der Waals surface area contributed by atoms with Gasteiger partial charge in [-0.15, -0.1) is 0 Å². The van der Waals surface area contributed by atoms with Gasteiger partial charge in [0.15, 0.2) is 0 Å². The molecule has 3 nitrogen and oxygen atoms in total. The third-order valence-electron chi connectivity index (χ3n) is 3.21. The number of benzene rings is 1. The molecule has 2 atom stereocenters. The monoisotopic (exact) mass is 236 g/mol. The van der Waals surface area contributed by atoms with E-state index in [0.29, 0.717) is 6.42 Å². The van der Waals surface area contributed by atoms with Crippen molar-refractivity contribution in [2.24, 2.45) is 5.92 Å². The van der Waals surface area contributed by atoms with Crippen LogP contribution in [0.1, 0.15) is 31.4 Å². The first-order valence-corrected chi connectivity index (χ1v) is 5.80. The van der Waals surface area contributed by atoms with Gasteiger partial charge in [-0.2, -0.15) is 0 Å². The average molecular weight is 236 g/mol. The molecule has 1 aromatic carbocycles. The highest BCUT2D eigenvalue weighted by Gasteiger charge is 2.38. The van der Waals surface area contributed by atoms with Crippen LogP contribution >= 0.6 is 0 Å². The molecular weight excluding hydrogens is 216 g/mol. The fraction of sp³-hybridized carbons (Fsp3) is 0.500. The Labute approximate surface area is 102 Å². The van der Waals surface area contributed by atoms with E-state index in [0.717, 1.165) is 11.1 Å². The molecule has 1 aromatic rings. The summed E-state index contributed by atoms with van der Waals surface area (Å²) in [4.78, 5) is 11.6. The normalized spacial score (nSPS) is 16.1. The smallest absolute Gasteiger partial charge is 0.311 e. The van der Waals surface area contributed by atoms with Crippen molar-refractivity contribution < 1.29 is 14.6 Å². The van der Waals surface area contributed by atoms with Crippen LogP contribution < -0.4 is 0 Å². The van der Waals surface area contributed by atoms with Gasteiger partial charge in [0.1, 0.15) is 5.60 Å². The third-order valence-corrected chi connectivity index (χ3v) is 3.21. The molecule has 3 heteroatoms. The van der Waals surface area contributed by atoms with Crippen LogP contribution in [0.25, 0.3) is 0 Å². The Hall–Kier alpha value is -1.35. The summed E-state index contributed by atoms with van der Waals surface area (Å²) < 4.78 is 4.74. The third kappa shape index (κ3) is 2.86. The zero-order valence-corrected chi connectivity index (χ0v) is 10.9. The molecule has 0 amide bonds. The van der Waals surface area contributed by atoms with E-state index in [1.54, 1.807) is 6.92 Å². The zero-order valence-electron chi connectivity index (χ0n) is 10.9. The highest BCUT2D eigenvalue weighted by atomic mass is 16.5. The van der Waals surface area contributed by atoms with Crippen molar-refractivity contribution in [3.05, 3.63) is 35.4 Å². The van der Waals surface area contributed by atoms with E-state index < -0.39 is 11.5 Å². The van der Waals surface area contributed by atoms with Gasteiger partial charge in [0.2, 0.25) is 0 Å². The maximum Gasteiger partial charge on any atom is 0.311 e. The predicted molar refractivity (Wildman–Crippen MR) is 66.5 cm³/mol. The number of aryl methyl sites for hydroxylation is 1. The average Bonchev–Trinajstić information content (AvgIpc) is 2.29. The van der Waals surface area contributed by atoms with E-state index >= 15 is 0 Å². The van der Waals surface area contributed by atoms with Gasteiger partial charge in [-0.1, -0.05) is 36.8 Å². The summed E-state index contributed by atoms with van der Waals surface area (Å²) in [5.74, 6) is -0.923. The molecule has 0 aliphatic carbocycles. The molecular formula is C14H20O3. The highest BCUT2D eigenvalue weighted by molar-refractivity contribution is 5.74. The summed E-state index contributed by atoms with van der Waals surface area (Å²) in [7, 11) is 1.34. The Kier molecular flexibility index (Phi) is 4.29. The lowest BCUT2D eigenvalue weighted by Gasteiger charge is -2.30. The maximum absolute atomic E-state index is 11.6. The van der Waals surface area contributed by atoms with E-state index in [2.05, 4.69) is 0 Å². The molecule has 1 rings (SSSR count). The van der Waals surface area contributed by atoms with Crippen LogP contribution in [0.2, 0.25) is 0 Å². The van der Waals surface area contributed by atoms with Crippen molar-refractivity contribution in [1.29, 1.82) is 0 Å². The Balaban J connectivity index is 3.07. The highest BCUT2D eigenvalue weighted by Crippen LogP contribution is 2.32. The van der Waals surface area contributed by atoms with Gasteiger partial charge in [0.05, 0.1) is 13.0 Å². The van der Waals surface area contributed by atoms with E-state index in [4.69, 9.17) is 4.74 Å². The Morgan fingerprint density at radius 3 is 2.35 bits per heavy atom. The largest absolute Gasteiger partial charge is 0.469 e. The van der Waals surface area contributed by atoms with Gasteiger partial charge in [0.25, 0.3) is 0 Å². The van der Waals surface area contributed by atoms with Crippen LogP contribution in [0.15, 0.2) is 24.3 Å². The molecule has 0 spiro atoms. The number of hydrogen-bond donors (Lipinski definition) is 1. The lowest BCUT2D eigenvalue weighted by Crippen LogP contribution is -2.37. The van der Waals surface area contributed by atoms with Crippen LogP contribution in [-0.2, 0) is 15.1 Å². The van der Waals surface area contributed by atoms with Gasteiger partial charge in [-0.25, -0.2) is 0 Å². The molecule has 94 valence electrons. The zero-order chi connectivity index (χ0) is 13.1. The van der Waals surface area contributed by atoms with Crippen LogP contribution in [0, 0.1) is 12.8 Å². The number of carbonyl (C=O) groups excluding carboxylic acids is 1. The lowest BCUT2D eigenvalue weighted by atomic mass is 9.81. The summed E-state index contributed by atoms with van der Waals surface area (Å²) in [5.41, 5.74) is 0.659.